The highest BCUT2D eigenvalue weighted by molar-refractivity contribution is 9.10. The molecular weight excluding hydrogens is 479 g/mol. The molecule has 0 fully saturated rings. The third kappa shape index (κ3) is 3.59. The van der Waals surface area contributed by atoms with Crippen LogP contribution in [0.4, 0.5) is 5.69 Å². The third-order valence-corrected chi connectivity index (χ3v) is 5.87. The highest BCUT2D eigenvalue weighted by Gasteiger charge is 2.54. The minimum absolute atomic E-state index is 0. The SMILES string of the molecule is OC1(c2ccc(Br)cc2)C[N+]2=C(CCCCC2)N1c1cccc(Cl)c1.[Br-]. The van der Waals surface area contributed by atoms with E-state index in [0.29, 0.717) is 11.6 Å². The molecule has 0 saturated carbocycles. The summed E-state index contributed by atoms with van der Waals surface area (Å²) in [5, 5.41) is 12.5. The smallest absolute Gasteiger partial charge is 0.275 e. The van der Waals surface area contributed by atoms with Crippen molar-refractivity contribution >= 4 is 39.1 Å². The molecular formula is C20H21Br2ClN2O. The average Bonchev–Trinajstić information content (AvgIpc) is 2.72. The van der Waals surface area contributed by atoms with Crippen LogP contribution in [-0.4, -0.2) is 28.6 Å². The Morgan fingerprint density at radius 1 is 1.08 bits per heavy atom. The zero-order valence-electron chi connectivity index (χ0n) is 14.3. The van der Waals surface area contributed by atoms with Crippen molar-refractivity contribution in [1.29, 1.82) is 0 Å². The van der Waals surface area contributed by atoms with E-state index in [2.05, 4.69) is 25.4 Å². The van der Waals surface area contributed by atoms with Crippen LogP contribution in [0.2, 0.25) is 5.02 Å². The second-order valence-electron chi connectivity index (χ2n) is 6.79. The van der Waals surface area contributed by atoms with Gasteiger partial charge in [0.15, 0.2) is 6.54 Å². The Bertz CT molecular complexity index is 825. The van der Waals surface area contributed by atoms with Crippen LogP contribution < -0.4 is 21.9 Å². The largest absolute Gasteiger partial charge is 1.00 e. The van der Waals surface area contributed by atoms with Crippen LogP contribution >= 0.6 is 27.5 Å². The van der Waals surface area contributed by atoms with Crippen LogP contribution in [0.1, 0.15) is 31.2 Å². The van der Waals surface area contributed by atoms with Gasteiger partial charge in [-0.1, -0.05) is 45.7 Å². The molecule has 0 aromatic heterocycles. The van der Waals surface area contributed by atoms with Gasteiger partial charge in [0.2, 0.25) is 0 Å². The zero-order chi connectivity index (χ0) is 17.4. The van der Waals surface area contributed by atoms with Crippen molar-refractivity contribution in [1.82, 2.24) is 0 Å². The van der Waals surface area contributed by atoms with Crippen LogP contribution in [0.15, 0.2) is 53.0 Å². The van der Waals surface area contributed by atoms with E-state index in [-0.39, 0.29) is 17.0 Å². The average molecular weight is 501 g/mol. The van der Waals surface area contributed by atoms with E-state index in [0.717, 1.165) is 35.1 Å². The molecule has 0 aliphatic carbocycles. The molecule has 0 bridgehead atoms. The van der Waals surface area contributed by atoms with E-state index in [4.69, 9.17) is 11.6 Å². The molecule has 2 heterocycles. The number of aliphatic hydroxyl groups is 1. The predicted octanol–water partition coefficient (Wildman–Crippen LogP) is 1.76. The maximum absolute atomic E-state index is 11.8. The number of hydrogen-bond acceptors (Lipinski definition) is 2. The molecule has 1 N–H and O–H groups in total. The number of amidine groups is 1. The summed E-state index contributed by atoms with van der Waals surface area (Å²) in [5.74, 6) is 1.20. The summed E-state index contributed by atoms with van der Waals surface area (Å²) in [6.07, 6.45) is 4.54. The number of benzene rings is 2. The van der Waals surface area contributed by atoms with Gasteiger partial charge in [-0.25, -0.2) is 0 Å². The lowest BCUT2D eigenvalue weighted by atomic mass is 10.00. The molecule has 2 aliphatic rings. The van der Waals surface area contributed by atoms with Crippen LogP contribution in [0, 0.1) is 0 Å². The molecule has 3 nitrogen and oxygen atoms in total. The van der Waals surface area contributed by atoms with E-state index in [9.17, 15) is 5.11 Å². The molecule has 138 valence electrons. The van der Waals surface area contributed by atoms with Crippen molar-refractivity contribution in [2.75, 3.05) is 18.0 Å². The number of nitrogens with zero attached hydrogens (tertiary/aromatic N) is 2. The first-order valence-corrected chi connectivity index (χ1v) is 9.90. The highest BCUT2D eigenvalue weighted by Crippen LogP contribution is 2.38. The van der Waals surface area contributed by atoms with Gasteiger partial charge in [-0.15, -0.1) is 0 Å². The van der Waals surface area contributed by atoms with Crippen molar-refractivity contribution in [2.24, 2.45) is 0 Å². The molecule has 2 aliphatic heterocycles. The summed E-state index contributed by atoms with van der Waals surface area (Å²) >= 11 is 9.74. The Balaban J connectivity index is 0.00000196. The Labute approximate surface area is 178 Å². The van der Waals surface area contributed by atoms with Crippen molar-refractivity contribution in [3.8, 4) is 0 Å². The maximum Gasteiger partial charge on any atom is 0.275 e. The van der Waals surface area contributed by atoms with E-state index in [1.165, 1.54) is 18.7 Å². The summed E-state index contributed by atoms with van der Waals surface area (Å²) in [4.78, 5) is 2.09. The minimum atomic E-state index is -1.09. The molecule has 1 atom stereocenters. The second-order valence-corrected chi connectivity index (χ2v) is 8.14. The number of anilines is 1. The van der Waals surface area contributed by atoms with Gasteiger partial charge >= 0.3 is 0 Å². The first kappa shape index (κ1) is 19.9. The van der Waals surface area contributed by atoms with Crippen molar-refractivity contribution in [3.63, 3.8) is 0 Å². The molecule has 6 heteroatoms. The Hall–Kier alpha value is -0.880. The molecule has 2 aromatic carbocycles. The molecule has 4 rings (SSSR count). The summed E-state index contributed by atoms with van der Waals surface area (Å²) in [6.45, 7) is 1.57. The normalized spacial score (nSPS) is 22.7. The van der Waals surface area contributed by atoms with Gasteiger partial charge in [0.1, 0.15) is 5.69 Å². The van der Waals surface area contributed by atoms with Gasteiger partial charge in [-0.05, 0) is 43.5 Å². The maximum atomic E-state index is 11.8. The molecule has 26 heavy (non-hydrogen) atoms. The van der Waals surface area contributed by atoms with E-state index >= 15 is 0 Å². The molecule has 0 amide bonds. The summed E-state index contributed by atoms with van der Waals surface area (Å²) in [5.41, 5.74) is 0.756. The molecule has 0 saturated heterocycles. The van der Waals surface area contributed by atoms with E-state index in [1.54, 1.807) is 0 Å². The first-order valence-electron chi connectivity index (χ1n) is 8.73. The van der Waals surface area contributed by atoms with Gasteiger partial charge < -0.3 is 22.1 Å². The van der Waals surface area contributed by atoms with Gasteiger partial charge in [-0.2, -0.15) is 4.90 Å². The monoisotopic (exact) mass is 498 g/mol. The number of halogens is 3. The van der Waals surface area contributed by atoms with Crippen molar-refractivity contribution in [2.45, 2.75) is 31.4 Å². The van der Waals surface area contributed by atoms with Gasteiger partial charge in [-0.3, -0.25) is 4.58 Å². The molecule has 2 aromatic rings. The lowest BCUT2D eigenvalue weighted by molar-refractivity contribution is -0.534. The fraction of sp³-hybridized carbons (Fsp3) is 0.350. The predicted molar refractivity (Wildman–Crippen MR) is 105 cm³/mol. The quantitative estimate of drug-likeness (QED) is 0.637. The van der Waals surface area contributed by atoms with Crippen molar-refractivity contribution in [3.05, 3.63) is 63.6 Å². The number of rotatable bonds is 2. The Morgan fingerprint density at radius 2 is 1.85 bits per heavy atom. The second kappa shape index (κ2) is 8.01. The van der Waals surface area contributed by atoms with E-state index in [1.807, 2.05) is 48.5 Å². The fourth-order valence-corrected chi connectivity index (χ4v) is 4.39. The third-order valence-electron chi connectivity index (χ3n) is 5.11. The summed E-state index contributed by atoms with van der Waals surface area (Å²) < 4.78 is 3.35. The zero-order valence-corrected chi connectivity index (χ0v) is 18.3. The minimum Gasteiger partial charge on any atom is -1.00 e. The van der Waals surface area contributed by atoms with Crippen LogP contribution in [0.25, 0.3) is 0 Å². The Morgan fingerprint density at radius 3 is 2.58 bits per heavy atom. The van der Waals surface area contributed by atoms with Crippen LogP contribution in [-0.2, 0) is 5.72 Å². The van der Waals surface area contributed by atoms with Crippen LogP contribution in [0.3, 0.4) is 0 Å². The lowest BCUT2D eigenvalue weighted by Gasteiger charge is -2.29. The van der Waals surface area contributed by atoms with Gasteiger partial charge in [0, 0.05) is 27.5 Å². The lowest BCUT2D eigenvalue weighted by Crippen LogP contribution is -3.00. The molecule has 0 spiro atoms. The Kier molecular flexibility index (Phi) is 6.12. The number of hydrogen-bond donors (Lipinski definition) is 1. The topological polar surface area (TPSA) is 26.5 Å². The summed E-state index contributed by atoms with van der Waals surface area (Å²) in [6, 6.07) is 15.7. The summed E-state index contributed by atoms with van der Waals surface area (Å²) in [7, 11) is 0. The molecule has 1 unspecified atom stereocenters. The fourth-order valence-electron chi connectivity index (χ4n) is 3.94. The standard InChI is InChI=1S/C20H21BrClN2O.BrH/c21-16-10-8-15(9-11-16)20(25)14-23-12-3-1-2-7-19(23)24(20)18-6-4-5-17(22)13-18;/h4-6,8-11,13,25H,1-3,7,12,14H2;1H/q+1;/p-1. The van der Waals surface area contributed by atoms with E-state index < -0.39 is 5.72 Å². The van der Waals surface area contributed by atoms with Crippen LogP contribution in [0.5, 0.6) is 0 Å². The molecule has 0 radical (unpaired) electrons. The van der Waals surface area contributed by atoms with Crippen molar-refractivity contribution < 1.29 is 26.7 Å². The first-order chi connectivity index (χ1) is 12.1. The van der Waals surface area contributed by atoms with Gasteiger partial charge in [0.25, 0.3) is 11.6 Å². The van der Waals surface area contributed by atoms with Gasteiger partial charge in [0.05, 0.1) is 6.54 Å². The highest BCUT2D eigenvalue weighted by atomic mass is 79.9.